The van der Waals surface area contributed by atoms with Crippen molar-refractivity contribution in [3.63, 3.8) is 0 Å². The number of amides is 1. The summed E-state index contributed by atoms with van der Waals surface area (Å²) in [6.45, 7) is 2.67. The first-order valence-corrected chi connectivity index (χ1v) is 7.21. The molecule has 21 heavy (non-hydrogen) atoms. The van der Waals surface area contributed by atoms with E-state index >= 15 is 0 Å². The monoisotopic (exact) mass is 285 g/mol. The van der Waals surface area contributed by atoms with Crippen LogP contribution in [0.4, 0.5) is 4.39 Å². The Kier molecular flexibility index (Phi) is 5.50. The van der Waals surface area contributed by atoms with Crippen molar-refractivity contribution in [3.8, 4) is 0 Å². The van der Waals surface area contributed by atoms with E-state index in [4.69, 9.17) is 0 Å². The first-order chi connectivity index (χ1) is 10.1. The van der Waals surface area contributed by atoms with Crippen LogP contribution in [0.15, 0.2) is 48.5 Å². The molecule has 0 saturated carbocycles. The van der Waals surface area contributed by atoms with Gasteiger partial charge in [-0.2, -0.15) is 0 Å². The number of nitrogens with one attached hydrogen (secondary N) is 1. The summed E-state index contributed by atoms with van der Waals surface area (Å²) in [5.74, 6) is -0.462. The van der Waals surface area contributed by atoms with Crippen LogP contribution in [-0.2, 0) is 17.6 Å². The van der Waals surface area contributed by atoms with Crippen molar-refractivity contribution in [1.29, 1.82) is 0 Å². The van der Waals surface area contributed by atoms with E-state index in [1.54, 1.807) is 18.2 Å². The zero-order valence-electron chi connectivity index (χ0n) is 12.2. The van der Waals surface area contributed by atoms with E-state index in [1.807, 2.05) is 0 Å². The number of hydrogen-bond acceptors (Lipinski definition) is 1. The molecule has 3 heteroatoms. The molecule has 2 rings (SSSR count). The molecule has 0 radical (unpaired) electrons. The van der Waals surface area contributed by atoms with Gasteiger partial charge in [-0.25, -0.2) is 4.39 Å². The Bertz CT molecular complexity index is 592. The summed E-state index contributed by atoms with van der Waals surface area (Å²) < 4.78 is 13.4. The maximum Gasteiger partial charge on any atom is 0.224 e. The third-order valence-corrected chi connectivity index (χ3v) is 3.39. The van der Waals surface area contributed by atoms with Gasteiger partial charge in [-0.3, -0.25) is 4.79 Å². The Labute approximate surface area is 125 Å². The van der Waals surface area contributed by atoms with Gasteiger partial charge in [0, 0.05) is 6.54 Å². The van der Waals surface area contributed by atoms with Crippen LogP contribution in [0.25, 0.3) is 0 Å². The summed E-state index contributed by atoms with van der Waals surface area (Å²) in [7, 11) is 0. The van der Waals surface area contributed by atoms with Gasteiger partial charge in [0.25, 0.3) is 0 Å². The van der Waals surface area contributed by atoms with Crippen molar-refractivity contribution in [2.75, 3.05) is 6.54 Å². The second-order valence-corrected chi connectivity index (χ2v) is 5.21. The molecule has 1 amide bonds. The van der Waals surface area contributed by atoms with Crippen LogP contribution in [0.1, 0.15) is 23.1 Å². The number of carbonyl (C=O) groups excluding carboxylic acids is 1. The number of halogens is 1. The SMILES string of the molecule is Cc1ccc(CCCNC(=O)Cc2ccccc2F)cc1. The quantitative estimate of drug-likeness (QED) is 0.810. The second kappa shape index (κ2) is 7.58. The Hall–Kier alpha value is -2.16. The van der Waals surface area contributed by atoms with Gasteiger partial charge in [0.2, 0.25) is 5.91 Å². The predicted molar refractivity (Wildman–Crippen MR) is 82.6 cm³/mol. The highest BCUT2D eigenvalue weighted by molar-refractivity contribution is 5.78. The summed E-state index contributed by atoms with van der Waals surface area (Å²) in [5.41, 5.74) is 2.95. The van der Waals surface area contributed by atoms with E-state index in [9.17, 15) is 9.18 Å². The van der Waals surface area contributed by atoms with Gasteiger partial charge in [-0.1, -0.05) is 48.0 Å². The molecule has 0 unspecified atom stereocenters. The van der Waals surface area contributed by atoms with Crippen molar-refractivity contribution < 1.29 is 9.18 Å². The molecule has 0 aromatic heterocycles. The highest BCUT2D eigenvalue weighted by Gasteiger charge is 2.06. The molecule has 110 valence electrons. The van der Waals surface area contributed by atoms with Gasteiger partial charge < -0.3 is 5.32 Å². The molecule has 0 fully saturated rings. The largest absolute Gasteiger partial charge is 0.356 e. The lowest BCUT2D eigenvalue weighted by atomic mass is 10.1. The molecule has 0 aliphatic rings. The third-order valence-electron chi connectivity index (χ3n) is 3.39. The molecule has 0 bridgehead atoms. The van der Waals surface area contributed by atoms with Crippen LogP contribution in [0.5, 0.6) is 0 Å². The van der Waals surface area contributed by atoms with E-state index in [2.05, 4.69) is 36.5 Å². The third kappa shape index (κ3) is 5.03. The summed E-state index contributed by atoms with van der Waals surface area (Å²) in [5, 5.41) is 2.83. The lowest BCUT2D eigenvalue weighted by Crippen LogP contribution is -2.26. The highest BCUT2D eigenvalue weighted by Crippen LogP contribution is 2.07. The Balaban J connectivity index is 1.70. The van der Waals surface area contributed by atoms with Crippen molar-refractivity contribution >= 4 is 5.91 Å². The first-order valence-electron chi connectivity index (χ1n) is 7.21. The molecule has 2 nitrogen and oxygen atoms in total. The van der Waals surface area contributed by atoms with Gasteiger partial charge in [-0.15, -0.1) is 0 Å². The zero-order chi connectivity index (χ0) is 15.1. The van der Waals surface area contributed by atoms with Crippen molar-refractivity contribution in [2.24, 2.45) is 0 Å². The number of hydrogen-bond donors (Lipinski definition) is 1. The Morgan fingerprint density at radius 2 is 1.81 bits per heavy atom. The first kappa shape index (κ1) is 15.2. The molecular formula is C18H20FNO. The molecular weight excluding hydrogens is 265 g/mol. The molecule has 0 atom stereocenters. The van der Waals surface area contributed by atoms with Crippen LogP contribution in [0, 0.1) is 12.7 Å². The fraction of sp³-hybridized carbons (Fsp3) is 0.278. The standard InChI is InChI=1S/C18H20FNO/c1-14-8-10-15(11-9-14)5-4-12-20-18(21)13-16-6-2-3-7-17(16)19/h2-3,6-11H,4-5,12-13H2,1H3,(H,20,21). The minimum Gasteiger partial charge on any atom is -0.356 e. The van der Waals surface area contributed by atoms with Crippen molar-refractivity contribution in [2.45, 2.75) is 26.2 Å². The molecule has 1 N–H and O–H groups in total. The van der Waals surface area contributed by atoms with Crippen molar-refractivity contribution in [1.82, 2.24) is 5.32 Å². The Morgan fingerprint density at radius 3 is 2.52 bits per heavy atom. The maximum absolute atomic E-state index is 13.4. The topological polar surface area (TPSA) is 29.1 Å². The lowest BCUT2D eigenvalue weighted by molar-refractivity contribution is -0.120. The highest BCUT2D eigenvalue weighted by atomic mass is 19.1. The van der Waals surface area contributed by atoms with Gasteiger partial charge >= 0.3 is 0 Å². The van der Waals surface area contributed by atoms with Crippen LogP contribution >= 0.6 is 0 Å². The van der Waals surface area contributed by atoms with Crippen molar-refractivity contribution in [3.05, 3.63) is 71.0 Å². The molecule has 0 saturated heterocycles. The fourth-order valence-corrected chi connectivity index (χ4v) is 2.15. The summed E-state index contributed by atoms with van der Waals surface area (Å²) in [6.07, 6.45) is 1.91. The predicted octanol–water partition coefficient (Wildman–Crippen LogP) is 3.43. The number of rotatable bonds is 6. The number of aryl methyl sites for hydroxylation is 2. The second-order valence-electron chi connectivity index (χ2n) is 5.21. The average Bonchev–Trinajstić information content (AvgIpc) is 2.48. The molecule has 0 spiro atoms. The lowest BCUT2D eigenvalue weighted by Gasteiger charge is -2.06. The summed E-state index contributed by atoms with van der Waals surface area (Å²) >= 11 is 0. The molecule has 0 heterocycles. The van der Waals surface area contributed by atoms with Crippen LogP contribution < -0.4 is 5.32 Å². The summed E-state index contributed by atoms with van der Waals surface area (Å²) in [6, 6.07) is 14.8. The maximum atomic E-state index is 13.4. The average molecular weight is 285 g/mol. The molecule has 0 aliphatic carbocycles. The minimum absolute atomic E-state index is 0.0944. The summed E-state index contributed by atoms with van der Waals surface area (Å²) in [4.78, 5) is 11.7. The van der Waals surface area contributed by atoms with E-state index < -0.39 is 0 Å². The van der Waals surface area contributed by atoms with Gasteiger partial charge in [0.1, 0.15) is 5.82 Å². The molecule has 2 aromatic rings. The number of carbonyl (C=O) groups is 1. The zero-order valence-corrected chi connectivity index (χ0v) is 12.2. The van der Waals surface area contributed by atoms with Crippen LogP contribution in [-0.4, -0.2) is 12.5 Å². The fourth-order valence-electron chi connectivity index (χ4n) is 2.15. The number of benzene rings is 2. The van der Waals surface area contributed by atoms with E-state index in [0.29, 0.717) is 12.1 Å². The van der Waals surface area contributed by atoms with Gasteiger partial charge in [-0.05, 0) is 37.0 Å². The Morgan fingerprint density at radius 1 is 1.10 bits per heavy atom. The molecule has 2 aromatic carbocycles. The van der Waals surface area contributed by atoms with Crippen LogP contribution in [0.3, 0.4) is 0 Å². The van der Waals surface area contributed by atoms with Gasteiger partial charge in [0.15, 0.2) is 0 Å². The normalized spacial score (nSPS) is 10.4. The van der Waals surface area contributed by atoms with Gasteiger partial charge in [0.05, 0.1) is 6.42 Å². The molecule has 0 aliphatic heterocycles. The minimum atomic E-state index is -0.327. The van der Waals surface area contributed by atoms with E-state index in [-0.39, 0.29) is 18.1 Å². The van der Waals surface area contributed by atoms with Crippen LogP contribution in [0.2, 0.25) is 0 Å². The van der Waals surface area contributed by atoms with E-state index in [1.165, 1.54) is 17.2 Å². The smallest absolute Gasteiger partial charge is 0.224 e. The van der Waals surface area contributed by atoms with E-state index in [0.717, 1.165) is 12.8 Å².